The number of aromatic amines is 2. The van der Waals surface area contributed by atoms with Crippen molar-refractivity contribution < 1.29 is 89.7 Å². The first-order chi connectivity index (χ1) is 67.4. The van der Waals surface area contributed by atoms with E-state index in [-0.39, 0.29) is 84.2 Å². The molecule has 0 aliphatic carbocycles. The summed E-state index contributed by atoms with van der Waals surface area (Å²) in [6.45, 7) is 10.2. The van der Waals surface area contributed by atoms with E-state index in [1.54, 1.807) is 36.4 Å². The number of unbranched alkanes of at least 4 members (excludes halogenated alkanes) is 8. The van der Waals surface area contributed by atoms with Gasteiger partial charge >= 0.3 is 5.97 Å². The number of nitrogens with one attached hydrogen (secondary N) is 11. The Balaban J connectivity index is 0.000000167. The molecule has 33 nitrogen and oxygen atoms in total. The number of fused-ring (bicyclic) bond motifs is 4. The van der Waals surface area contributed by atoms with E-state index in [1.807, 2.05) is 71.6 Å². The summed E-state index contributed by atoms with van der Waals surface area (Å²) in [5.41, 5.74) is 11.0. The van der Waals surface area contributed by atoms with E-state index in [4.69, 9.17) is 14.6 Å². The minimum absolute atomic E-state index is 0.0679. The fraction of sp³-hybridized carbons (Fsp3) is 0.392. The van der Waals surface area contributed by atoms with E-state index in [0.717, 1.165) is 171 Å². The molecule has 11 amide bonds. The Morgan fingerprint density at radius 3 is 1.26 bits per heavy atom. The number of piperazine rings is 2. The molecule has 6 saturated heterocycles. The second kappa shape index (κ2) is 45.7. The predicted octanol–water partition coefficient (Wildman–Crippen LogP) is 13.4. The smallest absolute Gasteiger partial charge is 0.303 e. The SMILES string of the molecule is O=C(Nc1n[nH]c2ccc(Cc3cc(F)cc(F)c3)cc12)c1ccc(N2CCNCC2)cc1NC1CCOCC1.O=C(O)CCCCCCCNc1ccc2c(c1)C(=O)N(C1CCC(=O)NC1=O)C2=O.O=C1CCC(N2C(=O)c3ccc(NCCCCCCCC(=O)N4CCN(c5ccc(C(=O)Nc6n[nH]c7ccc(Cc8cc(F)cc(F)c8)cc67)c(NC6CCOCC6)c5)CC4)cc3C2=O)C(=O)N1. The van der Waals surface area contributed by atoms with Crippen LogP contribution in [0, 0.1) is 23.3 Å². The number of anilines is 8. The van der Waals surface area contributed by atoms with Gasteiger partial charge < -0.3 is 66.5 Å². The Bertz CT molecular complexity index is 6240. The highest BCUT2D eigenvalue weighted by molar-refractivity contribution is 6.25. The highest BCUT2D eigenvalue weighted by Gasteiger charge is 2.47. The molecule has 139 heavy (non-hydrogen) atoms. The number of aliphatic carboxylic acids is 1. The third-order valence-corrected chi connectivity index (χ3v) is 26.2. The molecule has 8 aliphatic rings. The van der Waals surface area contributed by atoms with Crippen LogP contribution in [0.5, 0.6) is 0 Å². The van der Waals surface area contributed by atoms with Gasteiger partial charge in [0.2, 0.25) is 29.5 Å². The zero-order valence-electron chi connectivity index (χ0n) is 76.9. The molecule has 10 heterocycles. The number of imide groups is 4. The number of carboxylic acid groups (broad SMARTS) is 1. The number of hydrogen-bond donors (Lipinski definition) is 12. The maximum atomic E-state index is 14.0. The normalized spacial score (nSPS) is 17.4. The number of aromatic nitrogens is 4. The first-order valence-corrected chi connectivity index (χ1v) is 47.7. The number of carbonyl (C=O) groups is 12. The average molecular weight is 1910 g/mol. The van der Waals surface area contributed by atoms with Crippen LogP contribution < -0.4 is 57.7 Å². The standard InChI is InChI=1S/C51H55F2N9O7.C30H32F2N6O2.C21H25N3O6/c52-33-25-32(26-34(53)28-33)24-31-7-12-42-41(27-31)47(59-58-42)57-48(65)39-11-9-37(30-43(39)55-35-15-22-69-23-16-35)60-18-20-61(21-19-60)46(64)6-4-2-1-3-5-17-54-36-8-10-38-40(29-36)51(68)62(50(38)67)44-13-14-45(63)56-49(44)66;31-21-14-20(15-22(32)17-21)13-19-1-4-27-26(16-19)29(37-36-27)35-30(39)25-3-2-24(38-9-7-33-8-10-38)18-28(25)34-23-5-11-40-12-6-23;25-17-10-9-16(19(28)23-17)24-20(29)14-8-7-13(12-15(14)21(24)30)22-11-5-3-1-2-4-6-18(26)27/h7-12,25-30,35,44,54-55H,1-6,13-24H2,(H,56,63,66)(H2,57,58,59,65);1-4,14-18,23,33-34H,5-13H2,(H2,35,36,37,39);7-8,12,16,22H,1-6,9-11H2,(H,26,27)(H,23,25,28). The van der Waals surface area contributed by atoms with Gasteiger partial charge in [0.05, 0.1) is 44.4 Å². The number of hydrogen-bond acceptors (Lipinski definition) is 23. The molecule has 18 rings (SSSR count). The number of halogens is 4. The summed E-state index contributed by atoms with van der Waals surface area (Å²) in [7, 11) is 0. The molecule has 12 N–H and O–H groups in total. The number of benzene rings is 8. The van der Waals surface area contributed by atoms with Crippen molar-refractivity contribution >= 4 is 139 Å². The Hall–Kier alpha value is -14.5. The monoisotopic (exact) mass is 1900 g/mol. The summed E-state index contributed by atoms with van der Waals surface area (Å²) in [6, 6.07) is 38.1. The summed E-state index contributed by atoms with van der Waals surface area (Å²) in [4.78, 5) is 159. The van der Waals surface area contributed by atoms with Crippen molar-refractivity contribution in [2.45, 2.75) is 165 Å². The molecule has 2 atom stereocenters. The van der Waals surface area contributed by atoms with Gasteiger partial charge in [-0.1, -0.05) is 50.7 Å². The van der Waals surface area contributed by atoms with Crippen LogP contribution in [0.25, 0.3) is 21.8 Å². The average Bonchev–Trinajstić information content (AvgIpc) is 1.51. The van der Waals surface area contributed by atoms with E-state index in [1.165, 1.54) is 24.3 Å². The van der Waals surface area contributed by atoms with E-state index in [0.29, 0.717) is 153 Å². The first kappa shape index (κ1) is 97.6. The molecular weight excluding hydrogens is 1790 g/mol. The maximum absolute atomic E-state index is 14.0. The number of amides is 11. The van der Waals surface area contributed by atoms with Crippen molar-refractivity contribution in [1.82, 2.24) is 51.0 Å². The molecule has 0 saturated carbocycles. The molecule has 0 bridgehead atoms. The minimum Gasteiger partial charge on any atom is -0.481 e. The molecule has 2 unspecified atom stereocenters. The largest absolute Gasteiger partial charge is 0.481 e. The molecule has 2 aromatic heterocycles. The van der Waals surface area contributed by atoms with Crippen molar-refractivity contribution in [3.63, 3.8) is 0 Å². The third kappa shape index (κ3) is 24.8. The van der Waals surface area contributed by atoms with Crippen molar-refractivity contribution in [3.05, 3.63) is 224 Å². The van der Waals surface area contributed by atoms with Gasteiger partial charge in [-0.2, -0.15) is 10.2 Å². The van der Waals surface area contributed by atoms with E-state index in [9.17, 15) is 75.1 Å². The van der Waals surface area contributed by atoms with E-state index < -0.39 is 88.6 Å². The summed E-state index contributed by atoms with van der Waals surface area (Å²) < 4.78 is 66.3. The topological polar surface area (TPSA) is 425 Å². The van der Waals surface area contributed by atoms with Crippen LogP contribution in [0.3, 0.4) is 0 Å². The molecule has 728 valence electrons. The second-order valence-corrected chi connectivity index (χ2v) is 36.0. The molecule has 6 fully saturated rings. The van der Waals surface area contributed by atoms with Gasteiger partial charge in [-0.3, -0.25) is 88.2 Å². The summed E-state index contributed by atoms with van der Waals surface area (Å²) in [5, 5.41) is 52.1. The molecule has 0 radical (unpaired) electrons. The minimum atomic E-state index is -1.00. The van der Waals surface area contributed by atoms with Crippen LogP contribution in [-0.2, 0) is 51.1 Å². The number of nitrogens with zero attached hydrogens (tertiary/aromatic N) is 7. The molecule has 8 aromatic carbocycles. The van der Waals surface area contributed by atoms with Crippen LogP contribution in [-0.4, -0.2) is 227 Å². The van der Waals surface area contributed by atoms with Gasteiger partial charge in [0, 0.05) is 187 Å². The third-order valence-electron chi connectivity index (χ3n) is 26.2. The second-order valence-electron chi connectivity index (χ2n) is 36.0. The Morgan fingerprint density at radius 2 is 0.827 bits per heavy atom. The van der Waals surface area contributed by atoms with Gasteiger partial charge in [0.1, 0.15) is 35.4 Å². The van der Waals surface area contributed by atoms with Gasteiger partial charge in [-0.25, -0.2) is 17.6 Å². The molecule has 8 aliphatic heterocycles. The Kier molecular flexibility index (Phi) is 32.1. The molecular formula is C102H112F4N18O15. The quantitative estimate of drug-likeness (QED) is 0.0101. The van der Waals surface area contributed by atoms with Gasteiger partial charge in [0.25, 0.3) is 35.4 Å². The zero-order chi connectivity index (χ0) is 97.2. The van der Waals surface area contributed by atoms with Gasteiger partial charge in [0.15, 0.2) is 11.6 Å². The first-order valence-electron chi connectivity index (χ1n) is 47.7. The van der Waals surface area contributed by atoms with Crippen molar-refractivity contribution in [2.75, 3.05) is 134 Å². The van der Waals surface area contributed by atoms with E-state index >= 15 is 0 Å². The summed E-state index contributed by atoms with van der Waals surface area (Å²) in [5.74, 6) is -7.17. The van der Waals surface area contributed by atoms with Crippen molar-refractivity contribution in [2.24, 2.45) is 0 Å². The highest BCUT2D eigenvalue weighted by Crippen LogP contribution is 2.37. The fourth-order valence-electron chi connectivity index (χ4n) is 18.8. The Labute approximate surface area is 798 Å². The fourth-order valence-corrected chi connectivity index (χ4v) is 18.8. The highest BCUT2D eigenvalue weighted by atomic mass is 19.1. The van der Waals surface area contributed by atoms with Crippen LogP contribution in [0.1, 0.15) is 213 Å². The van der Waals surface area contributed by atoms with Crippen molar-refractivity contribution in [3.8, 4) is 0 Å². The van der Waals surface area contributed by atoms with Crippen LogP contribution in [0.4, 0.5) is 63.3 Å². The summed E-state index contributed by atoms with van der Waals surface area (Å²) >= 11 is 0. The van der Waals surface area contributed by atoms with Crippen molar-refractivity contribution in [1.29, 1.82) is 0 Å². The predicted molar refractivity (Wildman–Crippen MR) is 514 cm³/mol. The maximum Gasteiger partial charge on any atom is 0.303 e. The number of carbonyl (C=O) groups excluding carboxylic acids is 11. The lowest BCUT2D eigenvalue weighted by atomic mass is 10.0. The van der Waals surface area contributed by atoms with Gasteiger partial charge in [-0.05, 0) is 221 Å². The Morgan fingerprint density at radius 1 is 0.417 bits per heavy atom. The lowest BCUT2D eigenvalue weighted by Crippen LogP contribution is -2.54. The summed E-state index contributed by atoms with van der Waals surface area (Å²) in [6.07, 6.45) is 14.0. The lowest BCUT2D eigenvalue weighted by Gasteiger charge is -2.36. The zero-order valence-corrected chi connectivity index (χ0v) is 76.9. The van der Waals surface area contributed by atoms with Crippen LogP contribution in [0.15, 0.2) is 146 Å². The molecule has 10 aromatic rings. The lowest BCUT2D eigenvalue weighted by molar-refractivity contribution is -0.138. The number of rotatable bonds is 34. The van der Waals surface area contributed by atoms with Crippen LogP contribution >= 0.6 is 0 Å². The van der Waals surface area contributed by atoms with Crippen LogP contribution in [0.2, 0.25) is 0 Å². The van der Waals surface area contributed by atoms with E-state index in [2.05, 4.69) is 84.1 Å². The number of ether oxygens (including phenoxy) is 2. The molecule has 0 spiro atoms. The molecule has 37 heteroatoms. The number of piperidine rings is 2. The van der Waals surface area contributed by atoms with Gasteiger partial charge in [-0.15, -0.1) is 0 Å². The number of carboxylic acids is 1. The number of H-pyrrole nitrogens is 2.